The Balaban J connectivity index is 1.72. The van der Waals surface area contributed by atoms with Crippen LogP contribution in [0.3, 0.4) is 0 Å². The van der Waals surface area contributed by atoms with E-state index < -0.39 is 0 Å². The summed E-state index contributed by atoms with van der Waals surface area (Å²) in [5.74, 6) is 0.301. The molecule has 0 unspecified atom stereocenters. The first-order valence-corrected chi connectivity index (χ1v) is 7.83. The number of nitrogens with one attached hydrogen (secondary N) is 2. The number of amides is 1. The number of piperazine rings is 1. The van der Waals surface area contributed by atoms with E-state index >= 15 is 0 Å². The van der Waals surface area contributed by atoms with Gasteiger partial charge in [0.15, 0.2) is 0 Å². The second-order valence-corrected chi connectivity index (χ2v) is 5.93. The van der Waals surface area contributed by atoms with Crippen molar-refractivity contribution in [1.82, 2.24) is 25.3 Å². The monoisotopic (exact) mass is 293 g/mol. The van der Waals surface area contributed by atoms with Crippen molar-refractivity contribution in [2.45, 2.75) is 26.2 Å². The molecule has 2 heterocycles. The van der Waals surface area contributed by atoms with Gasteiger partial charge in [0.05, 0.1) is 0 Å². The number of rotatable bonds is 6. The highest BCUT2D eigenvalue weighted by Gasteiger charge is 2.14. The fraction of sp³-hybridized carbons (Fsp3) is 0.733. The third-order valence-corrected chi connectivity index (χ3v) is 3.89. The first-order chi connectivity index (χ1) is 10.1. The molecule has 0 aliphatic carbocycles. The minimum Gasteiger partial charge on any atom is -0.351 e. The van der Waals surface area contributed by atoms with Crippen molar-refractivity contribution >= 4 is 5.91 Å². The zero-order valence-electron chi connectivity index (χ0n) is 13.4. The molecule has 0 radical (unpaired) electrons. The fourth-order valence-corrected chi connectivity index (χ4v) is 2.66. The lowest BCUT2D eigenvalue weighted by Gasteiger charge is -2.26. The molecule has 0 aromatic carbocycles. The lowest BCUT2D eigenvalue weighted by atomic mass is 10.1. The molecule has 1 aliphatic rings. The van der Waals surface area contributed by atoms with Gasteiger partial charge < -0.3 is 15.5 Å². The minimum atomic E-state index is -0.0715. The predicted molar refractivity (Wildman–Crippen MR) is 83.6 cm³/mol. The standard InChI is InChI=1S/C15H27N5O/c1-12(2)14-11-13(18-19(14)3)15(21)17-5-4-8-20-9-6-16-7-10-20/h11-12,16H,4-10H2,1-3H3,(H,17,21). The molecule has 21 heavy (non-hydrogen) atoms. The first kappa shape index (κ1) is 16.0. The minimum absolute atomic E-state index is 0.0715. The molecule has 0 saturated carbocycles. The molecular weight excluding hydrogens is 266 g/mol. The maximum absolute atomic E-state index is 12.1. The number of nitrogens with zero attached hydrogens (tertiary/aromatic N) is 3. The lowest BCUT2D eigenvalue weighted by molar-refractivity contribution is 0.0945. The zero-order chi connectivity index (χ0) is 15.2. The Kier molecular flexibility index (Phi) is 5.76. The molecule has 6 nitrogen and oxygen atoms in total. The molecule has 2 rings (SSSR count). The summed E-state index contributed by atoms with van der Waals surface area (Å²) in [4.78, 5) is 14.5. The highest BCUT2D eigenvalue weighted by Crippen LogP contribution is 2.14. The Morgan fingerprint density at radius 3 is 2.76 bits per heavy atom. The van der Waals surface area contributed by atoms with Gasteiger partial charge in [0.2, 0.25) is 0 Å². The molecule has 1 aromatic rings. The molecule has 6 heteroatoms. The van der Waals surface area contributed by atoms with Crippen molar-refractivity contribution in [2.24, 2.45) is 7.05 Å². The van der Waals surface area contributed by atoms with Gasteiger partial charge in [-0.3, -0.25) is 9.48 Å². The van der Waals surface area contributed by atoms with Crippen LogP contribution in [-0.4, -0.2) is 59.9 Å². The summed E-state index contributed by atoms with van der Waals surface area (Å²) >= 11 is 0. The van der Waals surface area contributed by atoms with Gasteiger partial charge in [0, 0.05) is 45.5 Å². The van der Waals surface area contributed by atoms with E-state index in [0.717, 1.165) is 44.8 Å². The van der Waals surface area contributed by atoms with Gasteiger partial charge in [-0.15, -0.1) is 0 Å². The van der Waals surface area contributed by atoms with E-state index in [4.69, 9.17) is 0 Å². The molecule has 0 spiro atoms. The molecule has 2 N–H and O–H groups in total. The molecule has 118 valence electrons. The zero-order valence-corrected chi connectivity index (χ0v) is 13.4. The highest BCUT2D eigenvalue weighted by molar-refractivity contribution is 5.92. The Bertz CT molecular complexity index is 463. The van der Waals surface area contributed by atoms with Crippen molar-refractivity contribution in [1.29, 1.82) is 0 Å². The average Bonchev–Trinajstić information content (AvgIpc) is 2.87. The normalized spacial score (nSPS) is 16.4. The van der Waals surface area contributed by atoms with Crippen molar-refractivity contribution in [3.05, 3.63) is 17.5 Å². The predicted octanol–water partition coefficient (Wildman–Crippen LogP) is 0.569. The number of hydrogen-bond acceptors (Lipinski definition) is 4. The number of carbonyl (C=O) groups is 1. The highest BCUT2D eigenvalue weighted by atomic mass is 16.1. The Hall–Kier alpha value is -1.40. The summed E-state index contributed by atoms with van der Waals surface area (Å²) < 4.78 is 1.79. The van der Waals surface area contributed by atoms with E-state index in [0.29, 0.717) is 18.2 Å². The van der Waals surface area contributed by atoms with Gasteiger partial charge in [0.1, 0.15) is 5.69 Å². The quantitative estimate of drug-likeness (QED) is 0.753. The van der Waals surface area contributed by atoms with Gasteiger partial charge in [-0.25, -0.2) is 0 Å². The molecule has 1 fully saturated rings. The molecule has 0 atom stereocenters. The average molecular weight is 293 g/mol. The Labute approximate surface area is 126 Å². The Morgan fingerprint density at radius 2 is 2.14 bits per heavy atom. The number of carbonyl (C=O) groups excluding carboxylic acids is 1. The Morgan fingerprint density at radius 1 is 1.43 bits per heavy atom. The van der Waals surface area contributed by atoms with Crippen LogP contribution in [0, 0.1) is 0 Å². The van der Waals surface area contributed by atoms with Crippen LogP contribution in [0.4, 0.5) is 0 Å². The maximum Gasteiger partial charge on any atom is 0.271 e. The van der Waals surface area contributed by atoms with Crippen molar-refractivity contribution in [2.75, 3.05) is 39.3 Å². The number of aromatic nitrogens is 2. The van der Waals surface area contributed by atoms with Crippen LogP contribution in [0.2, 0.25) is 0 Å². The molecule has 1 aliphatic heterocycles. The first-order valence-electron chi connectivity index (χ1n) is 7.83. The molecule has 1 saturated heterocycles. The van der Waals surface area contributed by atoms with E-state index in [-0.39, 0.29) is 5.91 Å². The van der Waals surface area contributed by atoms with Gasteiger partial charge >= 0.3 is 0 Å². The summed E-state index contributed by atoms with van der Waals surface area (Å²) in [5.41, 5.74) is 1.60. The van der Waals surface area contributed by atoms with E-state index in [1.165, 1.54) is 0 Å². The maximum atomic E-state index is 12.1. The van der Waals surface area contributed by atoms with Gasteiger partial charge in [-0.05, 0) is 24.9 Å². The second-order valence-electron chi connectivity index (χ2n) is 5.93. The molecule has 1 aromatic heterocycles. The summed E-state index contributed by atoms with van der Waals surface area (Å²) in [6.45, 7) is 10.3. The molecule has 0 bridgehead atoms. The largest absolute Gasteiger partial charge is 0.351 e. The SMILES string of the molecule is CC(C)c1cc(C(=O)NCCCN2CCNCC2)nn1C. The summed E-state index contributed by atoms with van der Waals surface area (Å²) in [6, 6.07) is 1.89. The second kappa shape index (κ2) is 7.56. The van der Waals surface area contributed by atoms with Gasteiger partial charge in [0.25, 0.3) is 5.91 Å². The van der Waals surface area contributed by atoms with E-state index in [2.05, 4.69) is 34.5 Å². The lowest BCUT2D eigenvalue weighted by Crippen LogP contribution is -2.44. The third-order valence-electron chi connectivity index (χ3n) is 3.89. The van der Waals surface area contributed by atoms with Crippen molar-refractivity contribution < 1.29 is 4.79 Å². The van der Waals surface area contributed by atoms with Crippen molar-refractivity contribution in [3.63, 3.8) is 0 Å². The number of aryl methyl sites for hydroxylation is 1. The molecule has 1 amide bonds. The third kappa shape index (κ3) is 4.54. The van der Waals surface area contributed by atoms with Crippen LogP contribution in [0.25, 0.3) is 0 Å². The summed E-state index contributed by atoms with van der Waals surface area (Å²) in [5, 5.41) is 10.6. The van der Waals surface area contributed by atoms with Crippen LogP contribution < -0.4 is 10.6 Å². The van der Waals surface area contributed by atoms with Crippen LogP contribution in [-0.2, 0) is 7.05 Å². The van der Waals surface area contributed by atoms with Crippen molar-refractivity contribution in [3.8, 4) is 0 Å². The van der Waals surface area contributed by atoms with Gasteiger partial charge in [-0.1, -0.05) is 13.8 Å². The van der Waals surface area contributed by atoms with Crippen LogP contribution in [0.15, 0.2) is 6.07 Å². The van der Waals surface area contributed by atoms with Crippen LogP contribution in [0.1, 0.15) is 42.4 Å². The van der Waals surface area contributed by atoms with Crippen LogP contribution in [0.5, 0.6) is 0 Å². The smallest absolute Gasteiger partial charge is 0.271 e. The number of hydrogen-bond donors (Lipinski definition) is 2. The molecular formula is C15H27N5O. The van der Waals surface area contributed by atoms with E-state index in [9.17, 15) is 4.79 Å². The van der Waals surface area contributed by atoms with Crippen LogP contribution >= 0.6 is 0 Å². The van der Waals surface area contributed by atoms with E-state index in [1.54, 1.807) is 4.68 Å². The topological polar surface area (TPSA) is 62.2 Å². The van der Waals surface area contributed by atoms with E-state index in [1.807, 2.05) is 13.1 Å². The summed E-state index contributed by atoms with van der Waals surface area (Å²) in [6.07, 6.45) is 0.982. The fourth-order valence-electron chi connectivity index (χ4n) is 2.66. The summed E-state index contributed by atoms with van der Waals surface area (Å²) in [7, 11) is 1.89. The van der Waals surface area contributed by atoms with Gasteiger partial charge in [-0.2, -0.15) is 5.10 Å².